The van der Waals surface area contributed by atoms with Gasteiger partial charge >= 0.3 is 0 Å². The van der Waals surface area contributed by atoms with Gasteiger partial charge in [0.1, 0.15) is 0 Å². The van der Waals surface area contributed by atoms with Gasteiger partial charge in [-0.15, -0.1) is 0 Å². The van der Waals surface area contributed by atoms with E-state index in [1.807, 2.05) is 0 Å². The Kier molecular flexibility index (Phi) is 2.00. The fourth-order valence-electron chi connectivity index (χ4n) is 1.78. The van der Waals surface area contributed by atoms with Gasteiger partial charge in [0, 0.05) is 11.7 Å². The second-order valence-electron chi connectivity index (χ2n) is 3.86. The van der Waals surface area contributed by atoms with E-state index in [1.165, 1.54) is 23.1 Å². The van der Waals surface area contributed by atoms with Crippen LogP contribution in [0.1, 0.15) is 29.2 Å². The minimum absolute atomic E-state index is 0.568. The van der Waals surface area contributed by atoms with Crippen molar-refractivity contribution in [2.75, 3.05) is 12.3 Å². The Hall–Kier alpha value is -1.02. The lowest BCUT2D eigenvalue weighted by Gasteiger charge is -2.28. The van der Waals surface area contributed by atoms with Crippen LogP contribution in [0.15, 0.2) is 12.1 Å². The van der Waals surface area contributed by atoms with Crippen molar-refractivity contribution >= 4 is 5.69 Å². The zero-order valence-electron chi connectivity index (χ0n) is 8.22. The lowest BCUT2D eigenvalue weighted by atomic mass is 9.94. The number of nitrogens with one attached hydrogen (secondary N) is 1. The Morgan fingerprint density at radius 1 is 1.31 bits per heavy atom. The predicted octanol–water partition coefficient (Wildman–Crippen LogP) is 1.92. The van der Waals surface area contributed by atoms with E-state index in [0.29, 0.717) is 6.04 Å². The number of nitrogen functional groups attached to an aromatic ring is 1. The summed E-state index contributed by atoms with van der Waals surface area (Å²) >= 11 is 0. The molecule has 1 aromatic carbocycles. The van der Waals surface area contributed by atoms with E-state index >= 15 is 0 Å². The van der Waals surface area contributed by atoms with Crippen LogP contribution in [-0.2, 0) is 0 Å². The minimum Gasteiger partial charge on any atom is -0.398 e. The average molecular weight is 176 g/mol. The summed E-state index contributed by atoms with van der Waals surface area (Å²) in [7, 11) is 0. The van der Waals surface area contributed by atoms with Gasteiger partial charge in [0.15, 0.2) is 0 Å². The fraction of sp³-hybridized carbons (Fsp3) is 0.455. The number of hydrogen-bond acceptors (Lipinski definition) is 2. The molecular weight excluding hydrogens is 160 g/mol. The highest BCUT2D eigenvalue weighted by Gasteiger charge is 2.19. The van der Waals surface area contributed by atoms with E-state index in [1.54, 1.807) is 0 Å². The van der Waals surface area contributed by atoms with Gasteiger partial charge in [-0.25, -0.2) is 0 Å². The molecule has 0 aromatic heterocycles. The molecule has 2 nitrogen and oxygen atoms in total. The molecule has 0 bridgehead atoms. The van der Waals surface area contributed by atoms with Crippen LogP contribution in [0.2, 0.25) is 0 Å². The molecule has 2 rings (SSSR count). The van der Waals surface area contributed by atoms with E-state index < -0.39 is 0 Å². The van der Waals surface area contributed by atoms with Crippen LogP contribution in [0.3, 0.4) is 0 Å². The third-order valence-corrected chi connectivity index (χ3v) is 2.84. The van der Waals surface area contributed by atoms with E-state index in [2.05, 4.69) is 31.3 Å². The fourth-order valence-corrected chi connectivity index (χ4v) is 1.78. The maximum absolute atomic E-state index is 5.89. The molecule has 1 aliphatic rings. The smallest absolute Gasteiger partial charge is 0.0373 e. The first kappa shape index (κ1) is 8.57. The summed E-state index contributed by atoms with van der Waals surface area (Å²) < 4.78 is 0. The number of benzene rings is 1. The van der Waals surface area contributed by atoms with Gasteiger partial charge in [0.05, 0.1) is 0 Å². The third kappa shape index (κ3) is 1.42. The Labute approximate surface area is 79.1 Å². The molecule has 1 aliphatic heterocycles. The second-order valence-corrected chi connectivity index (χ2v) is 3.86. The van der Waals surface area contributed by atoms with E-state index in [0.717, 1.165) is 12.2 Å². The maximum atomic E-state index is 5.89. The summed E-state index contributed by atoms with van der Waals surface area (Å²) in [4.78, 5) is 0. The molecule has 1 saturated heterocycles. The summed E-state index contributed by atoms with van der Waals surface area (Å²) in [5, 5.41) is 3.39. The number of hydrogen-bond donors (Lipinski definition) is 2. The maximum Gasteiger partial charge on any atom is 0.0373 e. The van der Waals surface area contributed by atoms with Gasteiger partial charge in [-0.2, -0.15) is 0 Å². The van der Waals surface area contributed by atoms with Gasteiger partial charge in [0.25, 0.3) is 0 Å². The largest absolute Gasteiger partial charge is 0.398 e. The third-order valence-electron chi connectivity index (χ3n) is 2.84. The molecule has 2 heteroatoms. The molecule has 70 valence electrons. The molecule has 3 N–H and O–H groups in total. The van der Waals surface area contributed by atoms with Crippen molar-refractivity contribution in [1.82, 2.24) is 5.32 Å². The van der Waals surface area contributed by atoms with Crippen molar-refractivity contribution in [1.29, 1.82) is 0 Å². The molecule has 1 fully saturated rings. The molecule has 0 aliphatic carbocycles. The quantitative estimate of drug-likeness (QED) is 0.641. The first-order chi connectivity index (χ1) is 6.18. The molecule has 1 heterocycles. The van der Waals surface area contributed by atoms with Crippen LogP contribution >= 0.6 is 0 Å². The number of nitrogens with two attached hydrogens (primary N) is 1. The van der Waals surface area contributed by atoms with Crippen molar-refractivity contribution in [3.05, 3.63) is 28.8 Å². The van der Waals surface area contributed by atoms with Crippen LogP contribution in [0.5, 0.6) is 0 Å². The van der Waals surface area contributed by atoms with Gasteiger partial charge < -0.3 is 11.1 Å². The summed E-state index contributed by atoms with van der Waals surface area (Å²) in [6, 6.07) is 4.95. The topological polar surface area (TPSA) is 38.0 Å². The lowest BCUT2D eigenvalue weighted by molar-refractivity contribution is 0.383. The summed E-state index contributed by atoms with van der Waals surface area (Å²) in [6.07, 6.45) is 1.25. The van der Waals surface area contributed by atoms with Gasteiger partial charge in [0.2, 0.25) is 0 Å². The van der Waals surface area contributed by atoms with Crippen molar-refractivity contribution in [3.63, 3.8) is 0 Å². The number of aryl methyl sites for hydroxylation is 2. The molecule has 0 spiro atoms. The molecule has 0 radical (unpaired) electrons. The molecule has 1 atom stereocenters. The van der Waals surface area contributed by atoms with Crippen LogP contribution < -0.4 is 11.1 Å². The van der Waals surface area contributed by atoms with Gasteiger partial charge in [-0.05, 0) is 43.5 Å². The number of rotatable bonds is 1. The predicted molar refractivity (Wildman–Crippen MR) is 55.7 cm³/mol. The molecule has 0 saturated carbocycles. The Morgan fingerprint density at radius 3 is 2.23 bits per heavy atom. The first-order valence-electron chi connectivity index (χ1n) is 4.78. The van der Waals surface area contributed by atoms with Crippen molar-refractivity contribution < 1.29 is 0 Å². The summed E-state index contributed by atoms with van der Waals surface area (Å²) in [5.41, 5.74) is 10.6. The van der Waals surface area contributed by atoms with Crippen LogP contribution in [0.4, 0.5) is 5.69 Å². The van der Waals surface area contributed by atoms with E-state index in [9.17, 15) is 0 Å². The summed E-state index contributed by atoms with van der Waals surface area (Å²) in [6.45, 7) is 5.29. The van der Waals surface area contributed by atoms with Crippen molar-refractivity contribution in [3.8, 4) is 0 Å². The second kappa shape index (κ2) is 3.04. The number of anilines is 1. The van der Waals surface area contributed by atoms with Crippen LogP contribution in [0, 0.1) is 13.8 Å². The van der Waals surface area contributed by atoms with Gasteiger partial charge in [-0.3, -0.25) is 0 Å². The van der Waals surface area contributed by atoms with Crippen molar-refractivity contribution in [2.24, 2.45) is 0 Å². The van der Waals surface area contributed by atoms with Crippen molar-refractivity contribution in [2.45, 2.75) is 26.3 Å². The summed E-state index contributed by atoms with van der Waals surface area (Å²) in [5.74, 6) is 0. The first-order valence-corrected chi connectivity index (χ1v) is 4.78. The zero-order chi connectivity index (χ0) is 9.42. The molecule has 13 heavy (non-hydrogen) atoms. The van der Waals surface area contributed by atoms with E-state index in [-0.39, 0.29) is 0 Å². The minimum atomic E-state index is 0.568. The van der Waals surface area contributed by atoms with Crippen LogP contribution in [0.25, 0.3) is 0 Å². The van der Waals surface area contributed by atoms with E-state index in [4.69, 9.17) is 5.73 Å². The Morgan fingerprint density at radius 2 is 1.85 bits per heavy atom. The molecule has 1 unspecified atom stereocenters. The molecule has 0 amide bonds. The monoisotopic (exact) mass is 176 g/mol. The Balaban J connectivity index is 2.37. The normalized spacial score (nSPS) is 21.2. The molecular formula is C11H16N2. The lowest BCUT2D eigenvalue weighted by Crippen LogP contribution is -2.35. The van der Waals surface area contributed by atoms with Crippen LogP contribution in [-0.4, -0.2) is 6.54 Å². The highest BCUT2D eigenvalue weighted by molar-refractivity contribution is 5.55. The Bertz CT molecular complexity index is 304. The molecule has 1 aromatic rings. The SMILES string of the molecule is Cc1cc(C2CCN2)cc(C)c1N. The zero-order valence-corrected chi connectivity index (χ0v) is 8.22. The average Bonchev–Trinajstić information content (AvgIpc) is 1.96. The highest BCUT2D eigenvalue weighted by Crippen LogP contribution is 2.27. The highest BCUT2D eigenvalue weighted by atomic mass is 15.0. The standard InChI is InChI=1S/C11H16N2/c1-7-5-9(10-3-4-13-10)6-8(2)11(7)12/h5-6,10,13H,3-4,12H2,1-2H3. The van der Waals surface area contributed by atoms with Gasteiger partial charge in [-0.1, -0.05) is 12.1 Å².